The molecule has 0 aliphatic rings. The molecular weight excluding hydrogens is 358 g/mol. The van der Waals surface area contributed by atoms with Gasteiger partial charge in [0.15, 0.2) is 11.5 Å². The van der Waals surface area contributed by atoms with Crippen LogP contribution in [-0.2, 0) is 6.54 Å². The number of methoxy groups -OCH3 is 3. The van der Waals surface area contributed by atoms with E-state index in [-0.39, 0.29) is 5.91 Å². The molecule has 0 aliphatic heterocycles. The first kappa shape index (κ1) is 19.3. The average molecular weight is 381 g/mol. The molecule has 0 aliphatic carbocycles. The standard InChI is InChI=1S/C21H23N3O4/c1-13-5-7-15(8-6-13)16-11-17(24-23-16)21(25)22-12-14-9-18(26-2)20(28-4)19(10-14)27-3/h5-11H,12H2,1-4H3,(H,22,25)(H,23,24). The summed E-state index contributed by atoms with van der Waals surface area (Å²) in [5.41, 5.74) is 4.05. The average Bonchev–Trinajstić information content (AvgIpc) is 3.21. The van der Waals surface area contributed by atoms with Gasteiger partial charge in [-0.1, -0.05) is 29.8 Å². The van der Waals surface area contributed by atoms with E-state index in [1.165, 1.54) is 5.56 Å². The summed E-state index contributed by atoms with van der Waals surface area (Å²) in [5, 5.41) is 9.88. The van der Waals surface area contributed by atoms with Crippen LogP contribution in [0.2, 0.25) is 0 Å². The zero-order valence-corrected chi connectivity index (χ0v) is 16.3. The molecular formula is C21H23N3O4. The molecule has 3 aromatic rings. The summed E-state index contributed by atoms with van der Waals surface area (Å²) in [7, 11) is 4.65. The van der Waals surface area contributed by atoms with E-state index in [0.29, 0.717) is 29.5 Å². The van der Waals surface area contributed by atoms with Crippen LogP contribution in [0.15, 0.2) is 42.5 Å². The van der Waals surface area contributed by atoms with Gasteiger partial charge in [-0.15, -0.1) is 0 Å². The van der Waals surface area contributed by atoms with Crippen LogP contribution in [0.4, 0.5) is 0 Å². The summed E-state index contributed by atoms with van der Waals surface area (Å²) >= 11 is 0. The highest BCUT2D eigenvalue weighted by atomic mass is 16.5. The quantitative estimate of drug-likeness (QED) is 0.656. The topological polar surface area (TPSA) is 85.5 Å². The third kappa shape index (κ3) is 4.09. The molecule has 28 heavy (non-hydrogen) atoms. The van der Waals surface area contributed by atoms with E-state index in [4.69, 9.17) is 14.2 Å². The number of amides is 1. The van der Waals surface area contributed by atoms with Crippen molar-refractivity contribution < 1.29 is 19.0 Å². The lowest BCUT2D eigenvalue weighted by Gasteiger charge is -2.14. The van der Waals surface area contributed by atoms with E-state index in [1.54, 1.807) is 39.5 Å². The number of carbonyl (C=O) groups is 1. The Morgan fingerprint density at radius 2 is 1.64 bits per heavy atom. The van der Waals surface area contributed by atoms with E-state index in [1.807, 2.05) is 31.2 Å². The molecule has 7 heteroatoms. The molecule has 0 radical (unpaired) electrons. The largest absolute Gasteiger partial charge is 0.493 e. The van der Waals surface area contributed by atoms with Gasteiger partial charge < -0.3 is 19.5 Å². The van der Waals surface area contributed by atoms with Crippen molar-refractivity contribution >= 4 is 5.91 Å². The van der Waals surface area contributed by atoms with Crippen LogP contribution in [0.25, 0.3) is 11.3 Å². The van der Waals surface area contributed by atoms with Gasteiger partial charge in [-0.05, 0) is 30.7 Å². The molecule has 1 heterocycles. The Bertz CT molecular complexity index is 939. The van der Waals surface area contributed by atoms with Gasteiger partial charge in [0.1, 0.15) is 5.69 Å². The Morgan fingerprint density at radius 3 is 2.21 bits per heavy atom. The van der Waals surface area contributed by atoms with Crippen LogP contribution < -0.4 is 19.5 Å². The molecule has 3 rings (SSSR count). The molecule has 0 spiro atoms. The Hall–Kier alpha value is -3.48. The van der Waals surface area contributed by atoms with Crippen LogP contribution in [0.1, 0.15) is 21.6 Å². The first-order valence-electron chi connectivity index (χ1n) is 8.75. The number of carbonyl (C=O) groups excluding carboxylic acids is 1. The molecule has 0 unspecified atom stereocenters. The number of rotatable bonds is 7. The minimum absolute atomic E-state index is 0.250. The minimum atomic E-state index is -0.250. The predicted octanol–water partition coefficient (Wildman–Crippen LogP) is 3.34. The lowest BCUT2D eigenvalue weighted by atomic mass is 10.1. The maximum absolute atomic E-state index is 12.5. The third-order valence-electron chi connectivity index (χ3n) is 4.35. The monoisotopic (exact) mass is 381 g/mol. The fraction of sp³-hybridized carbons (Fsp3) is 0.238. The lowest BCUT2D eigenvalue weighted by Crippen LogP contribution is -2.23. The van der Waals surface area contributed by atoms with Gasteiger partial charge in [-0.2, -0.15) is 5.10 Å². The van der Waals surface area contributed by atoms with Crippen molar-refractivity contribution in [2.75, 3.05) is 21.3 Å². The number of aromatic amines is 1. The third-order valence-corrected chi connectivity index (χ3v) is 4.35. The van der Waals surface area contributed by atoms with Crippen LogP contribution in [-0.4, -0.2) is 37.4 Å². The summed E-state index contributed by atoms with van der Waals surface area (Å²) in [6.45, 7) is 2.32. The molecule has 0 saturated carbocycles. The normalized spacial score (nSPS) is 10.4. The minimum Gasteiger partial charge on any atom is -0.493 e. The number of hydrogen-bond donors (Lipinski definition) is 2. The number of benzene rings is 2. The number of ether oxygens (including phenoxy) is 3. The smallest absolute Gasteiger partial charge is 0.269 e. The number of H-pyrrole nitrogens is 1. The number of hydrogen-bond acceptors (Lipinski definition) is 5. The molecule has 146 valence electrons. The van der Waals surface area contributed by atoms with Gasteiger partial charge in [0.05, 0.1) is 27.0 Å². The summed E-state index contributed by atoms with van der Waals surface area (Å²) in [6, 6.07) is 13.3. The first-order chi connectivity index (χ1) is 13.5. The van der Waals surface area contributed by atoms with Gasteiger partial charge in [0.25, 0.3) is 5.91 Å². The Kier molecular flexibility index (Phi) is 5.84. The van der Waals surface area contributed by atoms with Crippen molar-refractivity contribution in [2.24, 2.45) is 0 Å². The molecule has 1 aromatic heterocycles. The number of aryl methyl sites for hydroxylation is 1. The van der Waals surface area contributed by atoms with E-state index >= 15 is 0 Å². The van der Waals surface area contributed by atoms with E-state index in [2.05, 4.69) is 15.5 Å². The lowest BCUT2D eigenvalue weighted by molar-refractivity contribution is 0.0946. The molecule has 0 bridgehead atoms. The summed E-state index contributed by atoms with van der Waals surface area (Å²) < 4.78 is 16.0. The van der Waals surface area contributed by atoms with Crippen molar-refractivity contribution in [2.45, 2.75) is 13.5 Å². The zero-order valence-electron chi connectivity index (χ0n) is 16.3. The van der Waals surface area contributed by atoms with Gasteiger partial charge in [-0.3, -0.25) is 9.89 Å². The van der Waals surface area contributed by atoms with Crippen molar-refractivity contribution in [1.82, 2.24) is 15.5 Å². The van der Waals surface area contributed by atoms with Gasteiger partial charge in [0, 0.05) is 12.1 Å². The van der Waals surface area contributed by atoms with Crippen LogP contribution in [0, 0.1) is 6.92 Å². The van der Waals surface area contributed by atoms with Crippen LogP contribution in [0.3, 0.4) is 0 Å². The number of aromatic nitrogens is 2. The van der Waals surface area contributed by atoms with Crippen molar-refractivity contribution in [1.29, 1.82) is 0 Å². The number of nitrogens with one attached hydrogen (secondary N) is 2. The molecule has 0 fully saturated rings. The predicted molar refractivity (Wildman–Crippen MR) is 106 cm³/mol. The molecule has 2 aromatic carbocycles. The Balaban J connectivity index is 1.71. The fourth-order valence-electron chi connectivity index (χ4n) is 2.83. The highest BCUT2D eigenvalue weighted by molar-refractivity contribution is 5.93. The van der Waals surface area contributed by atoms with E-state index in [0.717, 1.165) is 16.8 Å². The SMILES string of the molecule is COc1cc(CNC(=O)c2cc(-c3ccc(C)cc3)n[nH]2)cc(OC)c1OC. The van der Waals surface area contributed by atoms with Gasteiger partial charge in [0.2, 0.25) is 5.75 Å². The number of nitrogens with zero attached hydrogens (tertiary/aromatic N) is 1. The van der Waals surface area contributed by atoms with Crippen molar-refractivity contribution in [3.8, 4) is 28.5 Å². The van der Waals surface area contributed by atoms with Crippen molar-refractivity contribution in [3.05, 3.63) is 59.3 Å². The van der Waals surface area contributed by atoms with E-state index in [9.17, 15) is 4.79 Å². The zero-order chi connectivity index (χ0) is 20.1. The molecule has 0 saturated heterocycles. The van der Waals surface area contributed by atoms with Gasteiger partial charge >= 0.3 is 0 Å². The Labute approximate surface area is 163 Å². The van der Waals surface area contributed by atoms with Crippen LogP contribution in [0.5, 0.6) is 17.2 Å². The molecule has 2 N–H and O–H groups in total. The van der Waals surface area contributed by atoms with Crippen molar-refractivity contribution in [3.63, 3.8) is 0 Å². The Morgan fingerprint density at radius 1 is 1.00 bits per heavy atom. The highest BCUT2D eigenvalue weighted by Crippen LogP contribution is 2.38. The summed E-state index contributed by atoms with van der Waals surface area (Å²) in [5.74, 6) is 1.33. The molecule has 1 amide bonds. The summed E-state index contributed by atoms with van der Waals surface area (Å²) in [4.78, 5) is 12.5. The maximum Gasteiger partial charge on any atom is 0.269 e. The fourth-order valence-corrected chi connectivity index (χ4v) is 2.83. The van der Waals surface area contributed by atoms with Gasteiger partial charge in [-0.25, -0.2) is 0 Å². The van der Waals surface area contributed by atoms with E-state index < -0.39 is 0 Å². The second-order valence-corrected chi connectivity index (χ2v) is 6.25. The first-order valence-corrected chi connectivity index (χ1v) is 8.75. The second kappa shape index (κ2) is 8.47. The maximum atomic E-state index is 12.5. The van der Waals surface area contributed by atoms with Crippen LogP contribution >= 0.6 is 0 Å². The second-order valence-electron chi connectivity index (χ2n) is 6.25. The molecule has 7 nitrogen and oxygen atoms in total. The molecule has 0 atom stereocenters. The summed E-state index contributed by atoms with van der Waals surface area (Å²) in [6.07, 6.45) is 0. The highest BCUT2D eigenvalue weighted by Gasteiger charge is 2.15.